The summed E-state index contributed by atoms with van der Waals surface area (Å²) in [4.78, 5) is 11.8. The average molecular weight is 268 g/mol. The molecule has 0 unspecified atom stereocenters. The fraction of sp³-hybridized carbons (Fsp3) is 0.125. The van der Waals surface area contributed by atoms with Gasteiger partial charge in [-0.25, -0.2) is 4.39 Å². The molecule has 0 aromatic heterocycles. The van der Waals surface area contributed by atoms with Crippen molar-refractivity contribution in [3.05, 3.63) is 71.0 Å². The number of halogens is 1. The van der Waals surface area contributed by atoms with Gasteiger partial charge in [0.05, 0.1) is 18.1 Å². The van der Waals surface area contributed by atoms with Gasteiger partial charge in [0.1, 0.15) is 5.82 Å². The molecule has 0 saturated heterocycles. The molecule has 100 valence electrons. The standard InChI is InChI=1S/C16H13FN2O/c17-15-6-2-3-12(8-15)9-16(20)19-11-14-5-1-4-13(7-14)10-18/h1-8H,9,11H2,(H,19,20). The van der Waals surface area contributed by atoms with E-state index in [0.717, 1.165) is 5.56 Å². The van der Waals surface area contributed by atoms with Crippen LogP contribution in [-0.2, 0) is 17.8 Å². The minimum atomic E-state index is -0.350. The van der Waals surface area contributed by atoms with Crippen molar-refractivity contribution >= 4 is 5.91 Å². The monoisotopic (exact) mass is 268 g/mol. The smallest absolute Gasteiger partial charge is 0.224 e. The summed E-state index contributed by atoms with van der Waals surface area (Å²) in [6, 6.07) is 15.1. The van der Waals surface area contributed by atoms with Gasteiger partial charge in [-0.1, -0.05) is 24.3 Å². The van der Waals surface area contributed by atoms with E-state index in [9.17, 15) is 9.18 Å². The maximum atomic E-state index is 13.0. The highest BCUT2D eigenvalue weighted by Crippen LogP contribution is 2.06. The summed E-state index contributed by atoms with van der Waals surface area (Å²) >= 11 is 0. The van der Waals surface area contributed by atoms with Crippen LogP contribution in [-0.4, -0.2) is 5.91 Å². The van der Waals surface area contributed by atoms with Crippen molar-refractivity contribution in [1.82, 2.24) is 5.32 Å². The Hall–Kier alpha value is -2.67. The number of rotatable bonds is 4. The fourth-order valence-corrected chi connectivity index (χ4v) is 1.85. The predicted molar refractivity (Wildman–Crippen MR) is 73.1 cm³/mol. The van der Waals surface area contributed by atoms with Crippen LogP contribution in [0.5, 0.6) is 0 Å². The van der Waals surface area contributed by atoms with Crippen molar-refractivity contribution in [2.45, 2.75) is 13.0 Å². The molecule has 1 N–H and O–H groups in total. The van der Waals surface area contributed by atoms with Gasteiger partial charge < -0.3 is 5.32 Å². The number of nitrogens with one attached hydrogen (secondary N) is 1. The zero-order chi connectivity index (χ0) is 14.4. The number of nitriles is 1. The number of carbonyl (C=O) groups is 1. The Bertz CT molecular complexity index is 662. The highest BCUT2D eigenvalue weighted by Gasteiger charge is 2.04. The van der Waals surface area contributed by atoms with Gasteiger partial charge in [0.25, 0.3) is 0 Å². The first-order valence-electron chi connectivity index (χ1n) is 6.17. The van der Waals surface area contributed by atoms with E-state index >= 15 is 0 Å². The molecule has 2 aromatic rings. The predicted octanol–water partition coefficient (Wildman–Crippen LogP) is 2.56. The summed E-state index contributed by atoms with van der Waals surface area (Å²) in [5.74, 6) is -0.532. The molecule has 0 aliphatic heterocycles. The molecule has 0 spiro atoms. The largest absolute Gasteiger partial charge is 0.352 e. The SMILES string of the molecule is N#Cc1cccc(CNC(=O)Cc2cccc(F)c2)c1. The summed E-state index contributed by atoms with van der Waals surface area (Å²) in [6.45, 7) is 0.351. The highest BCUT2D eigenvalue weighted by molar-refractivity contribution is 5.78. The molecule has 1 amide bonds. The van der Waals surface area contributed by atoms with Crippen LogP contribution >= 0.6 is 0 Å². The molecule has 0 bridgehead atoms. The van der Waals surface area contributed by atoms with Crippen LogP contribution in [0.1, 0.15) is 16.7 Å². The van der Waals surface area contributed by atoms with Crippen molar-refractivity contribution in [2.75, 3.05) is 0 Å². The number of nitrogens with zero attached hydrogens (tertiary/aromatic N) is 1. The van der Waals surface area contributed by atoms with Crippen LogP contribution < -0.4 is 5.32 Å². The second-order valence-corrected chi connectivity index (χ2v) is 4.40. The Kier molecular flexibility index (Phi) is 4.46. The lowest BCUT2D eigenvalue weighted by Gasteiger charge is -2.06. The van der Waals surface area contributed by atoms with Crippen LogP contribution in [0.2, 0.25) is 0 Å². The maximum Gasteiger partial charge on any atom is 0.224 e. The summed E-state index contributed by atoms with van der Waals surface area (Å²) in [6.07, 6.45) is 0.135. The number of benzene rings is 2. The quantitative estimate of drug-likeness (QED) is 0.926. The van der Waals surface area contributed by atoms with Crippen molar-refractivity contribution in [2.24, 2.45) is 0 Å². The van der Waals surface area contributed by atoms with E-state index < -0.39 is 0 Å². The first kappa shape index (κ1) is 13.8. The Morgan fingerprint density at radius 2 is 1.90 bits per heavy atom. The van der Waals surface area contributed by atoms with Crippen LogP contribution in [0.25, 0.3) is 0 Å². The minimum Gasteiger partial charge on any atom is -0.352 e. The zero-order valence-electron chi connectivity index (χ0n) is 10.8. The number of hydrogen-bond acceptors (Lipinski definition) is 2. The van der Waals surface area contributed by atoms with Gasteiger partial charge >= 0.3 is 0 Å². The first-order valence-corrected chi connectivity index (χ1v) is 6.17. The second-order valence-electron chi connectivity index (χ2n) is 4.40. The van der Waals surface area contributed by atoms with Gasteiger partial charge in [0.2, 0.25) is 5.91 Å². The van der Waals surface area contributed by atoms with Crippen LogP contribution in [0.4, 0.5) is 4.39 Å². The molecular formula is C16H13FN2O. The van der Waals surface area contributed by atoms with E-state index in [0.29, 0.717) is 17.7 Å². The summed E-state index contributed by atoms with van der Waals surface area (Å²) < 4.78 is 13.0. The molecule has 3 nitrogen and oxygen atoms in total. The van der Waals surface area contributed by atoms with Gasteiger partial charge in [-0.05, 0) is 35.4 Å². The van der Waals surface area contributed by atoms with Gasteiger partial charge in [0.15, 0.2) is 0 Å². The van der Waals surface area contributed by atoms with Crippen molar-refractivity contribution in [3.8, 4) is 6.07 Å². The van der Waals surface area contributed by atoms with E-state index in [4.69, 9.17) is 5.26 Å². The Morgan fingerprint density at radius 3 is 2.65 bits per heavy atom. The van der Waals surface area contributed by atoms with E-state index in [1.165, 1.54) is 12.1 Å². The molecule has 0 saturated carbocycles. The van der Waals surface area contributed by atoms with Gasteiger partial charge in [-0.2, -0.15) is 5.26 Å². The Labute approximate surface area is 116 Å². The van der Waals surface area contributed by atoms with Crippen LogP contribution in [0, 0.1) is 17.1 Å². The molecule has 0 radical (unpaired) electrons. The molecular weight excluding hydrogens is 255 g/mol. The molecule has 0 aliphatic rings. The molecule has 4 heteroatoms. The fourth-order valence-electron chi connectivity index (χ4n) is 1.85. The third kappa shape index (κ3) is 3.92. The minimum absolute atomic E-state index is 0.135. The molecule has 20 heavy (non-hydrogen) atoms. The molecule has 0 heterocycles. The van der Waals surface area contributed by atoms with Gasteiger partial charge in [0, 0.05) is 6.54 Å². The number of amides is 1. The Morgan fingerprint density at radius 1 is 1.15 bits per heavy atom. The van der Waals surface area contributed by atoms with Crippen LogP contribution in [0.15, 0.2) is 48.5 Å². The van der Waals surface area contributed by atoms with Crippen molar-refractivity contribution in [1.29, 1.82) is 5.26 Å². The lowest BCUT2D eigenvalue weighted by Crippen LogP contribution is -2.24. The average Bonchev–Trinajstić information content (AvgIpc) is 2.45. The van der Waals surface area contributed by atoms with Gasteiger partial charge in [-0.3, -0.25) is 4.79 Å². The number of hydrogen-bond donors (Lipinski definition) is 1. The number of carbonyl (C=O) groups excluding carboxylic acids is 1. The van der Waals surface area contributed by atoms with E-state index in [1.54, 1.807) is 30.3 Å². The van der Waals surface area contributed by atoms with E-state index in [1.807, 2.05) is 12.1 Å². The third-order valence-electron chi connectivity index (χ3n) is 2.80. The van der Waals surface area contributed by atoms with Crippen molar-refractivity contribution in [3.63, 3.8) is 0 Å². The lowest BCUT2D eigenvalue weighted by atomic mass is 10.1. The lowest BCUT2D eigenvalue weighted by molar-refractivity contribution is -0.120. The van der Waals surface area contributed by atoms with Gasteiger partial charge in [-0.15, -0.1) is 0 Å². The molecule has 0 atom stereocenters. The maximum absolute atomic E-state index is 13.0. The van der Waals surface area contributed by atoms with Crippen molar-refractivity contribution < 1.29 is 9.18 Å². The first-order chi connectivity index (χ1) is 9.67. The molecule has 0 aliphatic carbocycles. The molecule has 0 fully saturated rings. The van der Waals surface area contributed by atoms with Crippen LogP contribution in [0.3, 0.4) is 0 Å². The molecule has 2 aromatic carbocycles. The third-order valence-corrected chi connectivity index (χ3v) is 2.80. The van der Waals surface area contributed by atoms with E-state index in [2.05, 4.69) is 5.32 Å². The Balaban J connectivity index is 1.90. The normalized spacial score (nSPS) is 9.80. The summed E-state index contributed by atoms with van der Waals surface area (Å²) in [5, 5.41) is 11.5. The summed E-state index contributed by atoms with van der Waals surface area (Å²) in [7, 11) is 0. The second kappa shape index (κ2) is 6.48. The van der Waals surface area contributed by atoms with E-state index in [-0.39, 0.29) is 18.1 Å². The zero-order valence-corrected chi connectivity index (χ0v) is 10.8. The molecule has 2 rings (SSSR count). The highest BCUT2D eigenvalue weighted by atomic mass is 19.1. The summed E-state index contributed by atoms with van der Waals surface area (Å²) in [5.41, 5.74) is 2.05. The topological polar surface area (TPSA) is 52.9 Å².